The summed E-state index contributed by atoms with van der Waals surface area (Å²) >= 11 is 1.68. The minimum atomic E-state index is 0.724. The topological polar surface area (TPSA) is 96.0 Å². The van der Waals surface area contributed by atoms with Gasteiger partial charge in [0.15, 0.2) is 0 Å². The van der Waals surface area contributed by atoms with Gasteiger partial charge in [0.1, 0.15) is 16.9 Å². The highest BCUT2D eigenvalue weighted by Crippen LogP contribution is 2.34. The highest BCUT2D eigenvalue weighted by Gasteiger charge is 2.16. The fraction of sp³-hybridized carbons (Fsp3) is 0. The highest BCUT2D eigenvalue weighted by molar-refractivity contribution is 7.13. The summed E-state index contributed by atoms with van der Waals surface area (Å²) in [4.78, 5) is 22.5. The first-order chi connectivity index (χ1) is 14.4. The Kier molecular flexibility index (Phi) is 3.50. The third-order valence-electron chi connectivity index (χ3n) is 4.79. The minimum absolute atomic E-state index is 0.724. The molecule has 0 bridgehead atoms. The molecule has 6 heterocycles. The first-order valence-electron chi connectivity index (χ1n) is 9.00. The number of aromatic nitrogens is 7. The van der Waals surface area contributed by atoms with E-state index in [4.69, 9.17) is 4.98 Å². The van der Waals surface area contributed by atoms with E-state index in [9.17, 15) is 0 Å². The first-order valence-corrected chi connectivity index (χ1v) is 9.88. The number of thiophene rings is 1. The van der Waals surface area contributed by atoms with Crippen molar-refractivity contribution in [2.45, 2.75) is 0 Å². The molecule has 0 saturated heterocycles. The third-order valence-corrected chi connectivity index (χ3v) is 5.67. The Morgan fingerprint density at radius 2 is 1.86 bits per heavy atom. The monoisotopic (exact) mass is 395 g/mol. The van der Waals surface area contributed by atoms with Crippen LogP contribution in [0.3, 0.4) is 0 Å². The lowest BCUT2D eigenvalue weighted by Gasteiger charge is -1.99. The van der Waals surface area contributed by atoms with E-state index in [1.165, 1.54) is 0 Å². The second-order valence-corrected chi connectivity index (χ2v) is 7.48. The zero-order chi connectivity index (χ0) is 19.2. The lowest BCUT2D eigenvalue weighted by atomic mass is 10.2. The average Bonchev–Trinajstić information content (AvgIpc) is 3.52. The van der Waals surface area contributed by atoms with Crippen molar-refractivity contribution in [1.29, 1.82) is 0 Å². The van der Waals surface area contributed by atoms with Crippen molar-refractivity contribution in [3.8, 4) is 33.3 Å². The zero-order valence-electron chi connectivity index (χ0n) is 15.0. The van der Waals surface area contributed by atoms with E-state index in [0.717, 1.165) is 55.3 Å². The van der Waals surface area contributed by atoms with Crippen LogP contribution < -0.4 is 0 Å². The molecule has 6 aromatic heterocycles. The van der Waals surface area contributed by atoms with Crippen molar-refractivity contribution in [3.05, 3.63) is 66.6 Å². The number of rotatable bonds is 3. The molecule has 0 fully saturated rings. The van der Waals surface area contributed by atoms with Gasteiger partial charge < -0.3 is 4.98 Å². The van der Waals surface area contributed by atoms with Crippen LogP contribution in [0, 0.1) is 0 Å². The number of H-pyrrole nitrogens is 2. The molecule has 0 aliphatic carbocycles. The van der Waals surface area contributed by atoms with E-state index >= 15 is 0 Å². The van der Waals surface area contributed by atoms with Crippen molar-refractivity contribution < 1.29 is 0 Å². The molecule has 0 aliphatic heterocycles. The number of aromatic amines is 2. The summed E-state index contributed by atoms with van der Waals surface area (Å²) in [6.45, 7) is 0. The molecule has 0 aromatic carbocycles. The maximum Gasteiger partial charge on any atom is 0.135 e. The van der Waals surface area contributed by atoms with Gasteiger partial charge in [-0.3, -0.25) is 20.1 Å². The number of nitrogens with zero attached hydrogens (tertiary/aromatic N) is 5. The van der Waals surface area contributed by atoms with Gasteiger partial charge in [-0.1, -0.05) is 6.07 Å². The summed E-state index contributed by atoms with van der Waals surface area (Å²) in [5.41, 5.74) is 6.76. The van der Waals surface area contributed by atoms with Gasteiger partial charge >= 0.3 is 0 Å². The summed E-state index contributed by atoms with van der Waals surface area (Å²) < 4.78 is 0. The molecule has 0 saturated carbocycles. The Morgan fingerprint density at radius 3 is 2.72 bits per heavy atom. The number of hydrogen-bond donors (Lipinski definition) is 2. The van der Waals surface area contributed by atoms with E-state index in [-0.39, 0.29) is 0 Å². The highest BCUT2D eigenvalue weighted by atomic mass is 32.1. The van der Waals surface area contributed by atoms with E-state index in [0.29, 0.717) is 0 Å². The Bertz CT molecular complexity index is 1450. The number of hydrogen-bond acceptors (Lipinski definition) is 6. The molecule has 7 nitrogen and oxygen atoms in total. The molecule has 0 radical (unpaired) electrons. The number of pyridine rings is 2. The smallest absolute Gasteiger partial charge is 0.135 e. The van der Waals surface area contributed by atoms with Crippen LogP contribution >= 0.6 is 11.3 Å². The van der Waals surface area contributed by atoms with Gasteiger partial charge in [-0.05, 0) is 35.7 Å². The molecule has 0 amide bonds. The second-order valence-electron chi connectivity index (χ2n) is 6.54. The largest absolute Gasteiger partial charge is 0.353 e. The SMILES string of the molecule is c1csc(-c2nccc3[nH]c(-c4n[nH]c5ccc(-c6cnccn6)nc45)cc23)c1. The minimum Gasteiger partial charge on any atom is -0.353 e. The van der Waals surface area contributed by atoms with Crippen molar-refractivity contribution in [3.63, 3.8) is 0 Å². The van der Waals surface area contributed by atoms with Crippen molar-refractivity contribution in [1.82, 2.24) is 35.1 Å². The Morgan fingerprint density at radius 1 is 0.862 bits per heavy atom. The van der Waals surface area contributed by atoms with Gasteiger partial charge in [0, 0.05) is 29.5 Å². The van der Waals surface area contributed by atoms with Crippen LogP contribution in [0.4, 0.5) is 0 Å². The van der Waals surface area contributed by atoms with Gasteiger partial charge in [0.2, 0.25) is 0 Å². The van der Waals surface area contributed by atoms with Crippen LogP contribution in [0.1, 0.15) is 0 Å². The molecular formula is C21H13N7S. The van der Waals surface area contributed by atoms with Crippen molar-refractivity contribution in [2.24, 2.45) is 0 Å². The summed E-state index contributed by atoms with van der Waals surface area (Å²) in [7, 11) is 0. The Hall–Kier alpha value is -3.91. The van der Waals surface area contributed by atoms with Crippen LogP contribution in [-0.4, -0.2) is 35.1 Å². The molecule has 2 N–H and O–H groups in total. The van der Waals surface area contributed by atoms with E-state index < -0.39 is 0 Å². The summed E-state index contributed by atoms with van der Waals surface area (Å²) in [6, 6.07) is 12.1. The standard InChI is InChI=1S/C21H13N7S/c1-2-18(29-9-1)19-12-10-16(25-13(12)5-6-24-19)21-20-15(27-28-21)4-3-14(26-20)17-11-22-7-8-23-17/h1-11,25H,(H,27,28). The fourth-order valence-corrected chi connectivity index (χ4v) is 4.19. The van der Waals surface area contributed by atoms with E-state index in [1.807, 2.05) is 30.5 Å². The average molecular weight is 395 g/mol. The van der Waals surface area contributed by atoms with Crippen molar-refractivity contribution in [2.75, 3.05) is 0 Å². The molecule has 138 valence electrons. The van der Waals surface area contributed by atoms with Gasteiger partial charge in [0.25, 0.3) is 0 Å². The lowest BCUT2D eigenvalue weighted by molar-refractivity contribution is 1.12. The molecule has 0 spiro atoms. The lowest BCUT2D eigenvalue weighted by Crippen LogP contribution is -1.89. The van der Waals surface area contributed by atoms with Crippen LogP contribution in [0.5, 0.6) is 0 Å². The van der Waals surface area contributed by atoms with Crippen molar-refractivity contribution >= 4 is 33.3 Å². The first kappa shape index (κ1) is 16.1. The normalized spacial score (nSPS) is 11.4. The Balaban J connectivity index is 1.53. The second kappa shape index (κ2) is 6.32. The molecular weight excluding hydrogens is 382 g/mol. The number of fused-ring (bicyclic) bond motifs is 2. The molecule has 29 heavy (non-hydrogen) atoms. The molecule has 8 heteroatoms. The van der Waals surface area contributed by atoms with Crippen LogP contribution in [0.25, 0.3) is 55.3 Å². The predicted octanol–water partition coefficient (Wildman–Crippen LogP) is 4.69. The third kappa shape index (κ3) is 2.61. The van der Waals surface area contributed by atoms with Gasteiger partial charge in [-0.25, -0.2) is 4.98 Å². The maximum atomic E-state index is 4.79. The molecule has 0 unspecified atom stereocenters. The Labute approximate surface area is 168 Å². The van der Waals surface area contributed by atoms with E-state index in [2.05, 4.69) is 47.6 Å². The van der Waals surface area contributed by atoms with Crippen LogP contribution in [0.15, 0.2) is 66.6 Å². The summed E-state index contributed by atoms with van der Waals surface area (Å²) in [6.07, 6.45) is 6.84. The molecule has 0 atom stereocenters. The quantitative estimate of drug-likeness (QED) is 0.453. The fourth-order valence-electron chi connectivity index (χ4n) is 3.45. The van der Waals surface area contributed by atoms with E-state index in [1.54, 1.807) is 29.9 Å². The predicted molar refractivity (Wildman–Crippen MR) is 113 cm³/mol. The van der Waals surface area contributed by atoms with Gasteiger partial charge in [-0.15, -0.1) is 11.3 Å². The molecule has 0 aliphatic rings. The van der Waals surface area contributed by atoms with Gasteiger partial charge in [0.05, 0.1) is 33.7 Å². The number of nitrogens with one attached hydrogen (secondary N) is 2. The maximum absolute atomic E-state index is 4.79. The molecule has 6 rings (SSSR count). The molecule has 6 aromatic rings. The van der Waals surface area contributed by atoms with Crippen LogP contribution in [0.2, 0.25) is 0 Å². The zero-order valence-corrected chi connectivity index (χ0v) is 15.8. The summed E-state index contributed by atoms with van der Waals surface area (Å²) in [5.74, 6) is 0. The van der Waals surface area contributed by atoms with Gasteiger partial charge in [-0.2, -0.15) is 5.10 Å². The summed E-state index contributed by atoms with van der Waals surface area (Å²) in [5, 5.41) is 10.7. The van der Waals surface area contributed by atoms with Crippen LogP contribution in [-0.2, 0) is 0 Å².